The monoisotopic (exact) mass is 246 g/mol. The lowest BCUT2D eigenvalue weighted by molar-refractivity contribution is 0.264. The number of halogens is 1. The average Bonchev–Trinajstić information content (AvgIpc) is 2.39. The normalized spacial score (nSPS) is 12.4. The van der Waals surface area contributed by atoms with Crippen LogP contribution in [0.15, 0.2) is 54.6 Å². The zero-order valence-corrected chi connectivity index (χ0v) is 10.3. The minimum absolute atomic E-state index is 0.150. The first-order valence-electron chi connectivity index (χ1n) is 5.70. The Bertz CT molecular complexity index is 450. The number of hydrogen-bond acceptors (Lipinski definition) is 1. The largest absolute Gasteiger partial charge is 0.396 e. The number of aliphatic hydroxyl groups is 1. The summed E-state index contributed by atoms with van der Waals surface area (Å²) in [6.45, 7) is 0.159. The standard InChI is InChI=1S/C15H15ClO/c16-15-8-6-12(7-9-15)10-14(11-17)13-4-2-1-3-5-13/h1-9,14,17H,10-11H2. The van der Waals surface area contributed by atoms with Gasteiger partial charge in [-0.25, -0.2) is 0 Å². The van der Waals surface area contributed by atoms with Gasteiger partial charge in [0.25, 0.3) is 0 Å². The van der Waals surface area contributed by atoms with Crippen LogP contribution in [-0.4, -0.2) is 11.7 Å². The maximum absolute atomic E-state index is 9.47. The Hall–Kier alpha value is -1.31. The van der Waals surface area contributed by atoms with Crippen LogP contribution in [0, 0.1) is 0 Å². The molecule has 0 saturated heterocycles. The van der Waals surface area contributed by atoms with E-state index in [1.165, 1.54) is 11.1 Å². The number of rotatable bonds is 4. The van der Waals surface area contributed by atoms with Crippen molar-refractivity contribution >= 4 is 11.6 Å². The van der Waals surface area contributed by atoms with Gasteiger partial charge >= 0.3 is 0 Å². The van der Waals surface area contributed by atoms with Crippen LogP contribution in [0.4, 0.5) is 0 Å². The van der Waals surface area contributed by atoms with Crippen molar-refractivity contribution < 1.29 is 5.11 Å². The molecule has 1 atom stereocenters. The van der Waals surface area contributed by atoms with Gasteiger partial charge in [0.15, 0.2) is 0 Å². The van der Waals surface area contributed by atoms with Crippen LogP contribution in [0.1, 0.15) is 17.0 Å². The molecule has 0 saturated carbocycles. The maximum Gasteiger partial charge on any atom is 0.0502 e. The van der Waals surface area contributed by atoms with E-state index in [4.69, 9.17) is 11.6 Å². The molecule has 0 spiro atoms. The fraction of sp³-hybridized carbons (Fsp3) is 0.200. The molecule has 17 heavy (non-hydrogen) atoms. The van der Waals surface area contributed by atoms with E-state index in [1.807, 2.05) is 42.5 Å². The molecule has 2 aromatic carbocycles. The second-order valence-corrected chi connectivity index (χ2v) is 4.56. The van der Waals surface area contributed by atoms with Crippen LogP contribution in [0.25, 0.3) is 0 Å². The molecule has 0 aliphatic rings. The highest BCUT2D eigenvalue weighted by molar-refractivity contribution is 6.30. The summed E-state index contributed by atoms with van der Waals surface area (Å²) in [4.78, 5) is 0. The van der Waals surface area contributed by atoms with Gasteiger partial charge in [-0.3, -0.25) is 0 Å². The van der Waals surface area contributed by atoms with Gasteiger partial charge in [0.05, 0.1) is 6.61 Å². The van der Waals surface area contributed by atoms with E-state index in [2.05, 4.69) is 12.1 Å². The molecule has 2 heteroatoms. The molecule has 0 fully saturated rings. The van der Waals surface area contributed by atoms with Gasteiger partial charge in [-0.1, -0.05) is 54.1 Å². The summed E-state index contributed by atoms with van der Waals surface area (Å²) >= 11 is 5.85. The molecule has 0 radical (unpaired) electrons. The van der Waals surface area contributed by atoms with Gasteiger partial charge in [0.1, 0.15) is 0 Å². The summed E-state index contributed by atoms with van der Waals surface area (Å²) in [6, 6.07) is 17.9. The Morgan fingerprint density at radius 2 is 1.59 bits per heavy atom. The molecule has 0 aliphatic heterocycles. The Morgan fingerprint density at radius 3 is 2.18 bits per heavy atom. The van der Waals surface area contributed by atoms with Crippen LogP contribution >= 0.6 is 11.6 Å². The summed E-state index contributed by atoms with van der Waals surface area (Å²) in [5, 5.41) is 10.2. The van der Waals surface area contributed by atoms with Crippen molar-refractivity contribution in [2.75, 3.05) is 6.61 Å². The van der Waals surface area contributed by atoms with E-state index in [9.17, 15) is 5.11 Å². The zero-order chi connectivity index (χ0) is 12.1. The third-order valence-electron chi connectivity index (χ3n) is 2.89. The van der Waals surface area contributed by atoms with Crippen molar-refractivity contribution in [2.24, 2.45) is 0 Å². The van der Waals surface area contributed by atoms with Gasteiger partial charge < -0.3 is 5.11 Å². The molecule has 0 bridgehead atoms. The van der Waals surface area contributed by atoms with E-state index in [0.29, 0.717) is 0 Å². The van der Waals surface area contributed by atoms with E-state index in [-0.39, 0.29) is 12.5 Å². The summed E-state index contributed by atoms with van der Waals surface area (Å²) in [6.07, 6.45) is 0.831. The summed E-state index contributed by atoms with van der Waals surface area (Å²) in [7, 11) is 0. The molecule has 2 aromatic rings. The predicted molar refractivity (Wildman–Crippen MR) is 71.4 cm³/mol. The molecule has 0 aliphatic carbocycles. The van der Waals surface area contributed by atoms with Crippen molar-refractivity contribution in [1.82, 2.24) is 0 Å². The summed E-state index contributed by atoms with van der Waals surface area (Å²) in [5.74, 6) is 0.150. The molecule has 0 amide bonds. The zero-order valence-electron chi connectivity index (χ0n) is 9.51. The summed E-state index contributed by atoms with van der Waals surface area (Å²) < 4.78 is 0. The second-order valence-electron chi connectivity index (χ2n) is 4.12. The molecular weight excluding hydrogens is 232 g/mol. The third kappa shape index (κ3) is 3.32. The van der Waals surface area contributed by atoms with E-state index in [1.54, 1.807) is 0 Å². The van der Waals surface area contributed by atoms with Crippen molar-refractivity contribution in [3.63, 3.8) is 0 Å². The van der Waals surface area contributed by atoms with Crippen LogP contribution in [0.5, 0.6) is 0 Å². The van der Waals surface area contributed by atoms with Crippen LogP contribution in [0.3, 0.4) is 0 Å². The first kappa shape index (κ1) is 12.2. The van der Waals surface area contributed by atoms with Gasteiger partial charge in [0, 0.05) is 10.9 Å². The third-order valence-corrected chi connectivity index (χ3v) is 3.14. The van der Waals surface area contributed by atoms with Crippen LogP contribution in [0.2, 0.25) is 5.02 Å². The van der Waals surface area contributed by atoms with Crippen LogP contribution in [-0.2, 0) is 6.42 Å². The predicted octanol–water partition coefficient (Wildman–Crippen LogP) is 3.66. The van der Waals surface area contributed by atoms with Gasteiger partial charge in [-0.15, -0.1) is 0 Å². The molecule has 2 rings (SSSR count). The van der Waals surface area contributed by atoms with Crippen molar-refractivity contribution in [3.05, 3.63) is 70.7 Å². The Morgan fingerprint density at radius 1 is 0.941 bits per heavy atom. The lowest BCUT2D eigenvalue weighted by Gasteiger charge is -2.14. The molecule has 0 aromatic heterocycles. The smallest absolute Gasteiger partial charge is 0.0502 e. The van der Waals surface area contributed by atoms with Gasteiger partial charge in [-0.05, 0) is 29.7 Å². The highest BCUT2D eigenvalue weighted by Gasteiger charge is 2.10. The highest BCUT2D eigenvalue weighted by Crippen LogP contribution is 2.21. The van der Waals surface area contributed by atoms with E-state index >= 15 is 0 Å². The van der Waals surface area contributed by atoms with Crippen molar-refractivity contribution in [3.8, 4) is 0 Å². The fourth-order valence-electron chi connectivity index (χ4n) is 1.92. The molecule has 1 nitrogen and oxygen atoms in total. The molecule has 1 unspecified atom stereocenters. The molecule has 88 valence electrons. The first-order valence-corrected chi connectivity index (χ1v) is 6.07. The van der Waals surface area contributed by atoms with Crippen LogP contribution < -0.4 is 0 Å². The fourth-order valence-corrected chi connectivity index (χ4v) is 2.04. The van der Waals surface area contributed by atoms with E-state index < -0.39 is 0 Å². The molecular formula is C15H15ClO. The van der Waals surface area contributed by atoms with E-state index in [0.717, 1.165) is 11.4 Å². The minimum Gasteiger partial charge on any atom is -0.396 e. The van der Waals surface area contributed by atoms with Gasteiger partial charge in [0.2, 0.25) is 0 Å². The maximum atomic E-state index is 9.47. The minimum atomic E-state index is 0.150. The highest BCUT2D eigenvalue weighted by atomic mass is 35.5. The Balaban J connectivity index is 2.13. The molecule has 1 N–H and O–H groups in total. The lowest BCUT2D eigenvalue weighted by atomic mass is 9.93. The first-order chi connectivity index (χ1) is 8.29. The summed E-state index contributed by atoms with van der Waals surface area (Å²) in [5.41, 5.74) is 2.36. The van der Waals surface area contributed by atoms with Crippen molar-refractivity contribution in [1.29, 1.82) is 0 Å². The quantitative estimate of drug-likeness (QED) is 0.873. The second kappa shape index (κ2) is 5.85. The number of hydrogen-bond donors (Lipinski definition) is 1. The number of aliphatic hydroxyl groups excluding tert-OH is 1. The SMILES string of the molecule is OCC(Cc1ccc(Cl)cc1)c1ccccc1. The van der Waals surface area contributed by atoms with Crippen molar-refractivity contribution in [2.45, 2.75) is 12.3 Å². The Kier molecular flexibility index (Phi) is 4.18. The Labute approximate surface area is 107 Å². The average molecular weight is 247 g/mol. The topological polar surface area (TPSA) is 20.2 Å². The molecule has 0 heterocycles. The lowest BCUT2D eigenvalue weighted by Crippen LogP contribution is -2.07. The number of benzene rings is 2. The van der Waals surface area contributed by atoms with Gasteiger partial charge in [-0.2, -0.15) is 0 Å².